The first-order chi connectivity index (χ1) is 6.19. The van der Waals surface area contributed by atoms with E-state index in [2.05, 4.69) is 5.32 Å². The fourth-order valence-corrected chi connectivity index (χ4v) is 1.32. The fourth-order valence-electron chi connectivity index (χ4n) is 1.32. The van der Waals surface area contributed by atoms with E-state index >= 15 is 0 Å². The average Bonchev–Trinajstić information content (AvgIpc) is 2.04. The normalized spacial score (nSPS) is 10.5. The van der Waals surface area contributed by atoms with E-state index in [0.717, 1.165) is 5.56 Å². The maximum absolute atomic E-state index is 13.2. The molecular formula is C10H13F2N. The molecule has 1 aromatic carbocycles. The number of aryl methyl sites for hydroxylation is 1. The van der Waals surface area contributed by atoms with Gasteiger partial charge in [0.25, 0.3) is 0 Å². The molecule has 72 valence electrons. The molecule has 0 amide bonds. The number of benzene rings is 1. The van der Waals surface area contributed by atoms with Crippen molar-refractivity contribution in [2.24, 2.45) is 0 Å². The van der Waals surface area contributed by atoms with Gasteiger partial charge in [-0.3, -0.25) is 0 Å². The Morgan fingerprint density at radius 2 is 2.08 bits per heavy atom. The molecule has 0 unspecified atom stereocenters. The van der Waals surface area contributed by atoms with Crippen LogP contribution in [0.15, 0.2) is 12.1 Å². The Bertz CT molecular complexity index is 274. The molecule has 0 saturated carbocycles. The van der Waals surface area contributed by atoms with Crippen molar-refractivity contribution in [2.75, 3.05) is 7.05 Å². The average molecular weight is 185 g/mol. The highest BCUT2D eigenvalue weighted by Crippen LogP contribution is 2.16. The Morgan fingerprint density at radius 3 is 2.54 bits per heavy atom. The molecule has 13 heavy (non-hydrogen) atoms. The van der Waals surface area contributed by atoms with Crippen molar-refractivity contribution >= 4 is 0 Å². The third kappa shape index (κ3) is 2.25. The van der Waals surface area contributed by atoms with E-state index in [9.17, 15) is 8.78 Å². The van der Waals surface area contributed by atoms with Crippen LogP contribution in [0.4, 0.5) is 8.78 Å². The number of alkyl halides is 1. The van der Waals surface area contributed by atoms with Crippen molar-refractivity contribution in [1.82, 2.24) is 5.32 Å². The summed E-state index contributed by atoms with van der Waals surface area (Å²) in [5.41, 5.74) is 1.68. The molecule has 1 nitrogen and oxygen atoms in total. The van der Waals surface area contributed by atoms with E-state index < -0.39 is 12.5 Å². The van der Waals surface area contributed by atoms with E-state index in [1.165, 1.54) is 6.07 Å². The molecule has 0 saturated heterocycles. The van der Waals surface area contributed by atoms with Gasteiger partial charge in [-0.15, -0.1) is 0 Å². The van der Waals surface area contributed by atoms with Crippen LogP contribution in [-0.2, 0) is 13.2 Å². The van der Waals surface area contributed by atoms with Crippen LogP contribution in [0.3, 0.4) is 0 Å². The topological polar surface area (TPSA) is 12.0 Å². The molecule has 0 radical (unpaired) electrons. The summed E-state index contributed by atoms with van der Waals surface area (Å²) in [5, 5.41) is 2.92. The zero-order valence-electron chi connectivity index (χ0n) is 7.82. The monoisotopic (exact) mass is 185 g/mol. The van der Waals surface area contributed by atoms with E-state index in [1.807, 2.05) is 0 Å². The minimum atomic E-state index is -0.739. The minimum Gasteiger partial charge on any atom is -0.316 e. The molecular weight excluding hydrogens is 172 g/mol. The quantitative estimate of drug-likeness (QED) is 0.762. The molecule has 1 aromatic rings. The predicted octanol–water partition coefficient (Wildman–Crippen LogP) is 2.32. The van der Waals surface area contributed by atoms with Gasteiger partial charge in [-0.25, -0.2) is 8.78 Å². The van der Waals surface area contributed by atoms with Gasteiger partial charge in [0.1, 0.15) is 12.5 Å². The number of hydrogen-bond acceptors (Lipinski definition) is 1. The molecule has 0 heterocycles. The van der Waals surface area contributed by atoms with Gasteiger partial charge in [0, 0.05) is 12.1 Å². The highest BCUT2D eigenvalue weighted by Gasteiger charge is 2.06. The summed E-state index contributed by atoms with van der Waals surface area (Å²) in [6.45, 7) is 1.58. The Labute approximate surface area is 76.8 Å². The molecule has 0 aliphatic rings. The highest BCUT2D eigenvalue weighted by atomic mass is 19.1. The van der Waals surface area contributed by atoms with Crippen LogP contribution in [0.2, 0.25) is 0 Å². The van der Waals surface area contributed by atoms with Crippen molar-refractivity contribution in [3.05, 3.63) is 34.6 Å². The van der Waals surface area contributed by atoms with Gasteiger partial charge in [0.05, 0.1) is 0 Å². The standard InChI is InChI=1S/C10H13F2N/c1-7-3-8(6-13-2)4-10(12)9(7)5-11/h3-4,13H,5-6H2,1-2H3. The third-order valence-electron chi connectivity index (χ3n) is 1.99. The van der Waals surface area contributed by atoms with Gasteiger partial charge in [0.2, 0.25) is 0 Å². The van der Waals surface area contributed by atoms with Crippen LogP contribution in [0.25, 0.3) is 0 Å². The van der Waals surface area contributed by atoms with E-state index in [-0.39, 0.29) is 5.56 Å². The van der Waals surface area contributed by atoms with E-state index in [4.69, 9.17) is 0 Å². The lowest BCUT2D eigenvalue weighted by atomic mass is 10.1. The molecule has 0 bridgehead atoms. The van der Waals surface area contributed by atoms with Crippen molar-refractivity contribution in [2.45, 2.75) is 20.1 Å². The zero-order valence-corrected chi connectivity index (χ0v) is 7.82. The van der Waals surface area contributed by atoms with Crippen LogP contribution < -0.4 is 5.32 Å². The predicted molar refractivity (Wildman–Crippen MR) is 48.7 cm³/mol. The van der Waals surface area contributed by atoms with Gasteiger partial charge in [0.15, 0.2) is 0 Å². The van der Waals surface area contributed by atoms with Crippen molar-refractivity contribution < 1.29 is 8.78 Å². The Balaban J connectivity index is 3.05. The van der Waals surface area contributed by atoms with Crippen LogP contribution in [-0.4, -0.2) is 7.05 Å². The molecule has 1 rings (SSSR count). The second kappa shape index (κ2) is 4.33. The van der Waals surface area contributed by atoms with Gasteiger partial charge in [-0.1, -0.05) is 6.07 Å². The summed E-state index contributed by atoms with van der Waals surface area (Å²) in [6.07, 6.45) is 0. The number of nitrogens with one attached hydrogen (secondary N) is 1. The molecule has 1 N–H and O–H groups in total. The first-order valence-electron chi connectivity index (χ1n) is 4.17. The van der Waals surface area contributed by atoms with Gasteiger partial charge in [-0.05, 0) is 31.2 Å². The highest BCUT2D eigenvalue weighted by molar-refractivity contribution is 5.32. The van der Waals surface area contributed by atoms with Crippen molar-refractivity contribution in [1.29, 1.82) is 0 Å². The summed E-state index contributed by atoms with van der Waals surface area (Å²) in [5.74, 6) is -0.451. The molecule has 0 aromatic heterocycles. The molecule has 0 fully saturated rings. The van der Waals surface area contributed by atoms with Crippen molar-refractivity contribution in [3.63, 3.8) is 0 Å². The minimum absolute atomic E-state index is 0.167. The molecule has 0 spiro atoms. The van der Waals surface area contributed by atoms with Crippen LogP contribution in [0.5, 0.6) is 0 Å². The summed E-state index contributed by atoms with van der Waals surface area (Å²) < 4.78 is 25.5. The molecule has 0 aliphatic heterocycles. The first-order valence-corrected chi connectivity index (χ1v) is 4.17. The molecule has 0 atom stereocenters. The number of rotatable bonds is 3. The van der Waals surface area contributed by atoms with Crippen LogP contribution in [0.1, 0.15) is 16.7 Å². The second-order valence-electron chi connectivity index (χ2n) is 3.04. The number of hydrogen-bond donors (Lipinski definition) is 1. The summed E-state index contributed by atoms with van der Waals surface area (Å²) in [7, 11) is 1.79. The summed E-state index contributed by atoms with van der Waals surface area (Å²) in [6, 6.07) is 3.17. The van der Waals surface area contributed by atoms with Gasteiger partial charge in [-0.2, -0.15) is 0 Å². The Kier molecular flexibility index (Phi) is 3.37. The van der Waals surface area contributed by atoms with Crippen LogP contribution in [0, 0.1) is 12.7 Å². The first kappa shape index (κ1) is 10.1. The lowest BCUT2D eigenvalue weighted by Crippen LogP contribution is -2.06. The van der Waals surface area contributed by atoms with Gasteiger partial charge < -0.3 is 5.32 Å². The van der Waals surface area contributed by atoms with Gasteiger partial charge >= 0.3 is 0 Å². The van der Waals surface area contributed by atoms with E-state index in [0.29, 0.717) is 12.1 Å². The smallest absolute Gasteiger partial charge is 0.129 e. The Morgan fingerprint density at radius 1 is 1.38 bits per heavy atom. The molecule has 0 aliphatic carbocycles. The van der Waals surface area contributed by atoms with E-state index in [1.54, 1.807) is 20.0 Å². The second-order valence-corrected chi connectivity index (χ2v) is 3.04. The zero-order chi connectivity index (χ0) is 9.84. The fraction of sp³-hybridized carbons (Fsp3) is 0.400. The third-order valence-corrected chi connectivity index (χ3v) is 1.99. The lowest BCUT2D eigenvalue weighted by Gasteiger charge is -2.06. The number of halogens is 2. The summed E-state index contributed by atoms with van der Waals surface area (Å²) in [4.78, 5) is 0. The largest absolute Gasteiger partial charge is 0.316 e. The Hall–Kier alpha value is -0.960. The van der Waals surface area contributed by atoms with Crippen LogP contribution >= 0.6 is 0 Å². The SMILES string of the molecule is CNCc1cc(C)c(CF)c(F)c1. The van der Waals surface area contributed by atoms with Crippen molar-refractivity contribution in [3.8, 4) is 0 Å². The lowest BCUT2D eigenvalue weighted by molar-refractivity contribution is 0.461. The maximum Gasteiger partial charge on any atom is 0.129 e. The summed E-state index contributed by atoms with van der Waals surface area (Å²) >= 11 is 0. The molecule has 3 heteroatoms. The maximum atomic E-state index is 13.2.